The monoisotopic (exact) mass is 429 g/mol. The molecule has 1 aromatic carbocycles. The van der Waals surface area contributed by atoms with Crippen LogP contribution < -0.4 is 4.74 Å². The number of allylic oxidation sites excluding steroid dienone is 1. The van der Waals surface area contributed by atoms with Gasteiger partial charge in [-0.25, -0.2) is 0 Å². The number of aliphatic carboxylic acids is 1. The van der Waals surface area contributed by atoms with Gasteiger partial charge in [-0.3, -0.25) is 9.80 Å². The Morgan fingerprint density at radius 2 is 2.00 bits per heavy atom. The summed E-state index contributed by atoms with van der Waals surface area (Å²) in [5, 5.41) is 14.2. The van der Waals surface area contributed by atoms with E-state index in [1.807, 2.05) is 0 Å². The van der Waals surface area contributed by atoms with Gasteiger partial charge in [-0.1, -0.05) is 12.1 Å². The van der Waals surface area contributed by atoms with Gasteiger partial charge >= 0.3 is 12.1 Å². The van der Waals surface area contributed by atoms with E-state index >= 15 is 0 Å². The molecule has 30 heavy (non-hydrogen) atoms. The number of carboxylic acid groups (broad SMARTS) is 1. The zero-order valence-corrected chi connectivity index (χ0v) is 17.1. The van der Waals surface area contributed by atoms with Gasteiger partial charge < -0.3 is 19.5 Å². The number of rotatable bonds is 10. The van der Waals surface area contributed by atoms with Crippen molar-refractivity contribution in [2.45, 2.75) is 32.1 Å². The smallest absolute Gasteiger partial charge is 0.416 e. The van der Waals surface area contributed by atoms with Gasteiger partial charge in [-0.15, -0.1) is 0 Å². The molecule has 1 atom stereocenters. The third-order valence-corrected chi connectivity index (χ3v) is 4.72. The van der Waals surface area contributed by atoms with Crippen LogP contribution in [0.4, 0.5) is 13.2 Å². The second-order valence-electron chi connectivity index (χ2n) is 6.96. The minimum Gasteiger partial charge on any atom is -0.497 e. The summed E-state index contributed by atoms with van der Waals surface area (Å²) < 4.78 is 51.6. The number of methoxy groups -OCH3 is 1. The van der Waals surface area contributed by atoms with Crippen molar-refractivity contribution in [3.63, 3.8) is 0 Å². The van der Waals surface area contributed by atoms with Gasteiger partial charge in [0.05, 0.1) is 57.3 Å². The van der Waals surface area contributed by atoms with Gasteiger partial charge in [0, 0.05) is 13.1 Å². The minimum atomic E-state index is -4.52. The summed E-state index contributed by atoms with van der Waals surface area (Å²) in [4.78, 5) is 12.0. The molecule has 0 spiro atoms. The fourth-order valence-electron chi connectivity index (χ4n) is 2.86. The number of carboxylic acids is 1. The molecule has 7 nitrogen and oxygen atoms in total. The van der Waals surface area contributed by atoms with E-state index in [0.29, 0.717) is 5.75 Å². The van der Waals surface area contributed by atoms with Gasteiger partial charge in [0.1, 0.15) is 5.75 Å². The van der Waals surface area contributed by atoms with Crippen molar-refractivity contribution in [2.75, 3.05) is 33.9 Å². The van der Waals surface area contributed by atoms with Gasteiger partial charge in [-0.05, 0) is 24.6 Å². The number of benzene rings is 1. The Morgan fingerprint density at radius 3 is 2.57 bits per heavy atom. The van der Waals surface area contributed by atoms with Gasteiger partial charge in [-0.2, -0.15) is 18.3 Å². The van der Waals surface area contributed by atoms with Crippen molar-refractivity contribution in [3.05, 3.63) is 41.1 Å². The van der Waals surface area contributed by atoms with E-state index in [4.69, 9.17) is 14.6 Å². The number of alkyl halides is 3. The lowest BCUT2D eigenvalue weighted by Crippen LogP contribution is -2.40. The number of ether oxygens (including phenoxy) is 2. The molecule has 0 aliphatic carbocycles. The summed E-state index contributed by atoms with van der Waals surface area (Å²) in [5.74, 6) is -0.324. The number of carbonyl (C=O) groups is 1. The van der Waals surface area contributed by atoms with Crippen molar-refractivity contribution in [3.8, 4) is 5.75 Å². The molecule has 0 fully saturated rings. The van der Waals surface area contributed by atoms with Crippen molar-refractivity contribution in [1.82, 2.24) is 9.91 Å². The second-order valence-corrected chi connectivity index (χ2v) is 6.96. The number of hydrazone groups is 1. The van der Waals surface area contributed by atoms with Crippen LogP contribution in [0.1, 0.15) is 18.9 Å². The molecule has 0 unspecified atom stereocenters. The van der Waals surface area contributed by atoms with E-state index in [1.54, 1.807) is 38.3 Å². The lowest BCUT2D eigenvalue weighted by molar-refractivity contribution is -0.138. The molecule has 1 aliphatic rings. The summed E-state index contributed by atoms with van der Waals surface area (Å²) in [6.45, 7) is 1.66. The first-order valence-corrected chi connectivity index (χ1v) is 9.36. The summed E-state index contributed by atoms with van der Waals surface area (Å²) in [6.07, 6.45) is -3.46. The Labute approximate surface area is 173 Å². The van der Waals surface area contributed by atoms with Crippen molar-refractivity contribution in [2.24, 2.45) is 5.10 Å². The molecule has 1 N–H and O–H groups in total. The van der Waals surface area contributed by atoms with E-state index < -0.39 is 23.8 Å². The molecule has 10 heteroatoms. The Kier molecular flexibility index (Phi) is 8.10. The molecule has 1 aliphatic heterocycles. The number of likely N-dealkylation sites (N-methyl/N-ethyl adjacent to an activating group) is 1. The largest absolute Gasteiger partial charge is 0.497 e. The summed E-state index contributed by atoms with van der Waals surface area (Å²) in [6, 6.07) is 6.65. The summed E-state index contributed by atoms with van der Waals surface area (Å²) >= 11 is 0. The Balaban J connectivity index is 2.07. The molecule has 0 amide bonds. The van der Waals surface area contributed by atoms with Gasteiger partial charge in [0.2, 0.25) is 0 Å². The Hall–Kier alpha value is -2.75. The lowest BCUT2D eigenvalue weighted by Gasteiger charge is -2.34. The zero-order chi connectivity index (χ0) is 22.3. The molecule has 2 rings (SSSR count). The van der Waals surface area contributed by atoms with Crippen LogP contribution in [0.3, 0.4) is 0 Å². The van der Waals surface area contributed by atoms with Crippen LogP contribution in [0.5, 0.6) is 5.75 Å². The SMILES string of the molecule is COc1ccc(CN2CC(C(F)(F)F)=C(N(C)[C@@H](C)COCCC(=O)O)C=N2)cc1. The number of halogens is 3. The highest BCUT2D eigenvalue weighted by Gasteiger charge is 2.40. The quantitative estimate of drug-likeness (QED) is 0.576. The Bertz CT molecular complexity index is 778. The number of hydrogen-bond donors (Lipinski definition) is 1. The van der Waals surface area contributed by atoms with Crippen LogP contribution >= 0.6 is 0 Å². The number of hydrogen-bond acceptors (Lipinski definition) is 6. The molecule has 0 saturated carbocycles. The van der Waals surface area contributed by atoms with Crippen LogP contribution in [0.2, 0.25) is 0 Å². The molecular weight excluding hydrogens is 403 g/mol. The molecule has 0 aromatic heterocycles. The first-order valence-electron chi connectivity index (χ1n) is 9.36. The van der Waals surface area contributed by atoms with Crippen molar-refractivity contribution < 1.29 is 32.5 Å². The molecular formula is C20H26F3N3O4. The maximum atomic E-state index is 13.7. The van der Waals surface area contributed by atoms with E-state index in [2.05, 4.69) is 5.10 Å². The highest BCUT2D eigenvalue weighted by Crippen LogP contribution is 2.32. The van der Waals surface area contributed by atoms with Crippen LogP contribution in [0.25, 0.3) is 0 Å². The predicted molar refractivity (Wildman–Crippen MR) is 105 cm³/mol. The normalized spacial score (nSPS) is 15.3. The highest BCUT2D eigenvalue weighted by molar-refractivity contribution is 5.80. The minimum absolute atomic E-state index is 0.00240. The maximum absolute atomic E-state index is 13.7. The standard InChI is InChI=1S/C20H26F3N3O4/c1-14(13-30-9-8-19(27)28)25(2)18-10-24-26(12-17(18)20(21,22)23)11-15-4-6-16(29-3)7-5-15/h4-7,10,14H,8-9,11-13H2,1-3H3,(H,27,28)/t14-/m0/s1. The molecule has 1 heterocycles. The molecule has 0 bridgehead atoms. The van der Waals surface area contributed by atoms with Crippen molar-refractivity contribution >= 4 is 12.2 Å². The summed E-state index contributed by atoms with van der Waals surface area (Å²) in [5.41, 5.74) is 0.0974. The maximum Gasteiger partial charge on any atom is 0.416 e. The topological polar surface area (TPSA) is 74.6 Å². The lowest BCUT2D eigenvalue weighted by atomic mass is 10.1. The van der Waals surface area contributed by atoms with E-state index in [-0.39, 0.29) is 38.4 Å². The first kappa shape index (κ1) is 23.5. The third kappa shape index (κ3) is 6.65. The van der Waals surface area contributed by atoms with E-state index in [1.165, 1.54) is 23.2 Å². The van der Waals surface area contributed by atoms with Crippen LogP contribution in [-0.4, -0.2) is 73.3 Å². The average Bonchev–Trinajstić information content (AvgIpc) is 2.70. The molecule has 1 aromatic rings. The Morgan fingerprint density at radius 1 is 1.33 bits per heavy atom. The van der Waals surface area contributed by atoms with Crippen LogP contribution in [0, 0.1) is 0 Å². The average molecular weight is 429 g/mol. The van der Waals surface area contributed by atoms with Crippen LogP contribution in [0.15, 0.2) is 40.6 Å². The highest BCUT2D eigenvalue weighted by atomic mass is 19.4. The predicted octanol–water partition coefficient (Wildman–Crippen LogP) is 3.12. The molecule has 166 valence electrons. The van der Waals surface area contributed by atoms with Gasteiger partial charge in [0.25, 0.3) is 0 Å². The van der Waals surface area contributed by atoms with Crippen molar-refractivity contribution in [1.29, 1.82) is 0 Å². The molecule has 0 saturated heterocycles. The van der Waals surface area contributed by atoms with Gasteiger partial charge in [0.15, 0.2) is 0 Å². The van der Waals surface area contributed by atoms with E-state index in [9.17, 15) is 18.0 Å². The van der Waals surface area contributed by atoms with E-state index in [0.717, 1.165) is 5.56 Å². The fraction of sp³-hybridized carbons (Fsp3) is 0.500. The number of nitrogens with zero attached hydrogens (tertiary/aromatic N) is 3. The molecule has 0 radical (unpaired) electrons. The van der Waals surface area contributed by atoms with Crippen LogP contribution in [-0.2, 0) is 16.1 Å². The first-order chi connectivity index (χ1) is 14.1. The fourth-order valence-corrected chi connectivity index (χ4v) is 2.86. The summed E-state index contributed by atoms with van der Waals surface area (Å²) in [7, 11) is 3.08. The zero-order valence-electron chi connectivity index (χ0n) is 17.1. The third-order valence-electron chi connectivity index (χ3n) is 4.72. The second kappa shape index (κ2) is 10.3.